The highest BCUT2D eigenvalue weighted by atomic mass is 32.2. The third kappa shape index (κ3) is 4.72. The van der Waals surface area contributed by atoms with E-state index >= 15 is 0 Å². The second kappa shape index (κ2) is 6.10. The highest BCUT2D eigenvalue weighted by molar-refractivity contribution is 7.90. The van der Waals surface area contributed by atoms with Crippen LogP contribution in [0.25, 0.3) is 0 Å². The molecule has 112 valence electrons. The normalized spacial score (nSPS) is 29.3. The number of hydrogen-bond donors (Lipinski definition) is 1. The lowest BCUT2D eigenvalue weighted by Gasteiger charge is -2.44. The van der Waals surface area contributed by atoms with Gasteiger partial charge in [0.05, 0.1) is 11.4 Å². The summed E-state index contributed by atoms with van der Waals surface area (Å²) in [5.74, 6) is 0.220. The van der Waals surface area contributed by atoms with Crippen molar-refractivity contribution in [1.29, 1.82) is 0 Å². The van der Waals surface area contributed by atoms with Crippen LogP contribution in [0.3, 0.4) is 0 Å². The van der Waals surface area contributed by atoms with E-state index in [-0.39, 0.29) is 17.4 Å². The monoisotopic (exact) mass is 289 g/mol. The lowest BCUT2D eigenvalue weighted by Crippen LogP contribution is -2.51. The topological polar surface area (TPSA) is 55.4 Å². The zero-order valence-corrected chi connectivity index (χ0v) is 13.0. The van der Waals surface area contributed by atoms with Crippen molar-refractivity contribution in [3.05, 3.63) is 0 Å². The number of sulfone groups is 1. The molecule has 1 heterocycles. The summed E-state index contributed by atoms with van der Waals surface area (Å²) in [6.07, 6.45) is 9.55. The highest BCUT2D eigenvalue weighted by Gasteiger charge is 2.38. The second-order valence-corrected chi connectivity index (χ2v) is 8.63. The molecule has 2 unspecified atom stereocenters. The van der Waals surface area contributed by atoms with Crippen LogP contribution >= 0.6 is 0 Å². The van der Waals surface area contributed by atoms with Gasteiger partial charge in [-0.05, 0) is 32.6 Å². The molecule has 0 aromatic rings. The van der Waals surface area contributed by atoms with E-state index < -0.39 is 9.84 Å². The van der Waals surface area contributed by atoms with Gasteiger partial charge in [-0.25, -0.2) is 8.42 Å². The fraction of sp³-hybridized carbons (Fsp3) is 1.00. The lowest BCUT2D eigenvalue weighted by atomic mass is 9.78. The van der Waals surface area contributed by atoms with Crippen LogP contribution in [-0.4, -0.2) is 44.7 Å². The smallest absolute Gasteiger partial charge is 0.148 e. The molecule has 4 nitrogen and oxygen atoms in total. The van der Waals surface area contributed by atoms with E-state index in [9.17, 15) is 8.42 Å². The minimum Gasteiger partial charge on any atom is -0.375 e. The summed E-state index contributed by atoms with van der Waals surface area (Å²) in [5.41, 5.74) is 0.0823. The van der Waals surface area contributed by atoms with Crippen LogP contribution < -0.4 is 5.32 Å². The molecule has 1 aliphatic heterocycles. The first kappa shape index (κ1) is 15.3. The summed E-state index contributed by atoms with van der Waals surface area (Å²) in [4.78, 5) is 0. The van der Waals surface area contributed by atoms with Crippen molar-refractivity contribution in [2.45, 2.75) is 69.6 Å². The van der Waals surface area contributed by atoms with Gasteiger partial charge in [-0.3, -0.25) is 0 Å². The third-order valence-electron chi connectivity index (χ3n) is 4.33. The summed E-state index contributed by atoms with van der Waals surface area (Å²) in [7, 11) is -2.90. The first-order valence-electron chi connectivity index (χ1n) is 7.46. The Morgan fingerprint density at radius 1 is 1.32 bits per heavy atom. The van der Waals surface area contributed by atoms with Gasteiger partial charge in [0.15, 0.2) is 0 Å². The summed E-state index contributed by atoms with van der Waals surface area (Å²) in [5, 5.41) is 3.49. The molecule has 19 heavy (non-hydrogen) atoms. The Hall–Kier alpha value is -0.130. The second-order valence-electron chi connectivity index (χ2n) is 6.44. The molecule has 2 aliphatic rings. The zero-order chi connectivity index (χ0) is 13.9. The van der Waals surface area contributed by atoms with Gasteiger partial charge < -0.3 is 10.1 Å². The van der Waals surface area contributed by atoms with Gasteiger partial charge in [0.25, 0.3) is 0 Å². The Morgan fingerprint density at radius 3 is 2.63 bits per heavy atom. The molecule has 1 N–H and O–H groups in total. The number of ether oxygens (including phenoxy) is 1. The quantitative estimate of drug-likeness (QED) is 0.858. The summed E-state index contributed by atoms with van der Waals surface area (Å²) >= 11 is 0. The van der Waals surface area contributed by atoms with Gasteiger partial charge in [0, 0.05) is 24.9 Å². The van der Waals surface area contributed by atoms with Crippen LogP contribution in [0.2, 0.25) is 0 Å². The van der Waals surface area contributed by atoms with Crippen molar-refractivity contribution in [2.24, 2.45) is 0 Å². The van der Waals surface area contributed by atoms with E-state index in [1.807, 2.05) is 6.92 Å². The van der Waals surface area contributed by atoms with Crippen molar-refractivity contribution >= 4 is 9.84 Å². The number of nitrogens with one attached hydrogen (secondary N) is 1. The van der Waals surface area contributed by atoms with Crippen LogP contribution in [0.15, 0.2) is 0 Å². The van der Waals surface area contributed by atoms with Gasteiger partial charge in [0.2, 0.25) is 0 Å². The standard InChI is InChI=1S/C14H27NO3S/c1-12(11-19(2,16)17)15-13-6-9-18-14(10-13)7-4-3-5-8-14/h12-13,15H,3-11H2,1-2H3. The molecule has 2 rings (SSSR count). The van der Waals surface area contributed by atoms with E-state index in [0.29, 0.717) is 6.04 Å². The van der Waals surface area contributed by atoms with Crippen LogP contribution in [0.5, 0.6) is 0 Å². The predicted octanol–water partition coefficient (Wildman–Crippen LogP) is 1.89. The molecular formula is C14H27NO3S. The van der Waals surface area contributed by atoms with Gasteiger partial charge >= 0.3 is 0 Å². The molecule has 0 bridgehead atoms. The molecule has 1 saturated heterocycles. The highest BCUT2D eigenvalue weighted by Crippen LogP contribution is 2.38. The molecule has 2 atom stereocenters. The van der Waals surface area contributed by atoms with Gasteiger partial charge in [-0.2, -0.15) is 0 Å². The summed E-state index contributed by atoms with van der Waals surface area (Å²) < 4.78 is 28.7. The first-order chi connectivity index (χ1) is 8.89. The maximum absolute atomic E-state index is 11.3. The molecule has 2 fully saturated rings. The Labute approximate surface area is 117 Å². The van der Waals surface area contributed by atoms with Gasteiger partial charge in [-0.1, -0.05) is 19.3 Å². The summed E-state index contributed by atoms with van der Waals surface area (Å²) in [6.45, 7) is 2.77. The molecule has 0 radical (unpaired) electrons. The van der Waals surface area contributed by atoms with Crippen LogP contribution in [0.1, 0.15) is 51.9 Å². The molecule has 0 aromatic carbocycles. The molecular weight excluding hydrogens is 262 g/mol. The Morgan fingerprint density at radius 2 is 2.00 bits per heavy atom. The molecule has 1 saturated carbocycles. The van der Waals surface area contributed by atoms with E-state index in [1.165, 1.54) is 38.4 Å². The minimum absolute atomic E-state index is 0.0266. The fourth-order valence-electron chi connectivity index (χ4n) is 3.62. The van der Waals surface area contributed by atoms with E-state index in [1.54, 1.807) is 0 Å². The van der Waals surface area contributed by atoms with Gasteiger partial charge in [0.1, 0.15) is 9.84 Å². The van der Waals surface area contributed by atoms with E-state index in [4.69, 9.17) is 4.74 Å². The van der Waals surface area contributed by atoms with Crippen molar-refractivity contribution in [2.75, 3.05) is 18.6 Å². The van der Waals surface area contributed by atoms with Crippen molar-refractivity contribution in [3.63, 3.8) is 0 Å². The third-order valence-corrected chi connectivity index (χ3v) is 5.44. The maximum Gasteiger partial charge on any atom is 0.148 e. The largest absolute Gasteiger partial charge is 0.375 e. The molecule has 1 aliphatic carbocycles. The molecule has 1 spiro atoms. The SMILES string of the molecule is CC(CS(C)(=O)=O)NC1CCOC2(CCCCC2)C1. The van der Waals surface area contributed by atoms with Crippen molar-refractivity contribution in [3.8, 4) is 0 Å². The number of hydrogen-bond acceptors (Lipinski definition) is 4. The van der Waals surface area contributed by atoms with E-state index in [0.717, 1.165) is 19.4 Å². The van der Waals surface area contributed by atoms with Crippen LogP contribution in [0.4, 0.5) is 0 Å². The van der Waals surface area contributed by atoms with Crippen LogP contribution in [0, 0.1) is 0 Å². The average Bonchev–Trinajstić information content (AvgIpc) is 2.27. The minimum atomic E-state index is -2.90. The lowest BCUT2D eigenvalue weighted by molar-refractivity contribution is -0.109. The first-order valence-corrected chi connectivity index (χ1v) is 9.52. The number of rotatable bonds is 4. The van der Waals surface area contributed by atoms with Crippen molar-refractivity contribution < 1.29 is 13.2 Å². The average molecular weight is 289 g/mol. The zero-order valence-electron chi connectivity index (χ0n) is 12.2. The Kier molecular flexibility index (Phi) is 4.90. The van der Waals surface area contributed by atoms with Crippen molar-refractivity contribution in [1.82, 2.24) is 5.32 Å². The fourth-order valence-corrected chi connectivity index (χ4v) is 4.62. The summed E-state index contributed by atoms with van der Waals surface area (Å²) in [6, 6.07) is 0.433. The predicted molar refractivity (Wildman–Crippen MR) is 77.1 cm³/mol. The molecule has 5 heteroatoms. The Bertz CT molecular complexity index is 382. The maximum atomic E-state index is 11.3. The molecule has 0 amide bonds. The van der Waals surface area contributed by atoms with Crippen LogP contribution in [-0.2, 0) is 14.6 Å². The van der Waals surface area contributed by atoms with Gasteiger partial charge in [-0.15, -0.1) is 0 Å². The van der Waals surface area contributed by atoms with E-state index in [2.05, 4.69) is 5.32 Å². The molecule has 0 aromatic heterocycles. The Balaban J connectivity index is 1.87.